The topological polar surface area (TPSA) is 53.6 Å². The average Bonchev–Trinajstić information content (AvgIpc) is 2.74. The molecular weight excluding hydrogens is 370 g/mol. The van der Waals surface area contributed by atoms with Crippen molar-refractivity contribution in [3.63, 3.8) is 0 Å². The standard InChI is InChI=1S/C22H27N3O2S/c1-27-20-10-8-18(9-11-20)24-22(28)25-15-13-19(14-16-25)23-21(26)12-7-17-5-3-2-4-6-17/h2-6,8-11,19H,7,12-16H2,1H3,(H,23,26)(H,24,28). The number of amides is 1. The molecule has 3 rings (SSSR count). The number of nitrogens with one attached hydrogen (secondary N) is 2. The van der Waals surface area contributed by atoms with Crippen LogP contribution in [0.5, 0.6) is 5.75 Å². The molecule has 0 spiro atoms. The zero-order valence-electron chi connectivity index (χ0n) is 16.2. The molecule has 28 heavy (non-hydrogen) atoms. The molecule has 1 heterocycles. The Hall–Kier alpha value is -2.60. The van der Waals surface area contributed by atoms with Crippen molar-refractivity contribution < 1.29 is 9.53 Å². The van der Waals surface area contributed by atoms with E-state index < -0.39 is 0 Å². The zero-order valence-corrected chi connectivity index (χ0v) is 17.0. The fourth-order valence-corrected chi connectivity index (χ4v) is 3.61. The number of methoxy groups -OCH3 is 1. The summed E-state index contributed by atoms with van der Waals surface area (Å²) in [6.45, 7) is 1.68. The predicted molar refractivity (Wildman–Crippen MR) is 117 cm³/mol. The Morgan fingerprint density at radius 2 is 1.79 bits per heavy atom. The van der Waals surface area contributed by atoms with Gasteiger partial charge < -0.3 is 20.3 Å². The number of carbonyl (C=O) groups excluding carboxylic acids is 1. The van der Waals surface area contributed by atoms with Crippen LogP contribution in [0.4, 0.5) is 5.69 Å². The molecule has 0 aromatic heterocycles. The number of rotatable bonds is 6. The first kappa shape index (κ1) is 20.1. The van der Waals surface area contributed by atoms with Gasteiger partial charge in [0.1, 0.15) is 5.75 Å². The van der Waals surface area contributed by atoms with Gasteiger partial charge in [0.15, 0.2) is 5.11 Å². The van der Waals surface area contributed by atoms with Crippen molar-refractivity contribution in [2.24, 2.45) is 0 Å². The van der Waals surface area contributed by atoms with Crippen LogP contribution in [0.15, 0.2) is 54.6 Å². The number of nitrogens with zero attached hydrogens (tertiary/aromatic N) is 1. The molecule has 1 aliphatic heterocycles. The van der Waals surface area contributed by atoms with E-state index in [1.165, 1.54) is 5.56 Å². The summed E-state index contributed by atoms with van der Waals surface area (Å²) >= 11 is 5.54. The van der Waals surface area contributed by atoms with Crippen LogP contribution in [0.25, 0.3) is 0 Å². The maximum Gasteiger partial charge on any atom is 0.220 e. The van der Waals surface area contributed by atoms with Crippen LogP contribution < -0.4 is 15.4 Å². The van der Waals surface area contributed by atoms with Gasteiger partial charge in [-0.15, -0.1) is 0 Å². The fraction of sp³-hybridized carbons (Fsp3) is 0.364. The summed E-state index contributed by atoms with van der Waals surface area (Å²) in [5.41, 5.74) is 2.14. The van der Waals surface area contributed by atoms with Gasteiger partial charge in [0.05, 0.1) is 7.11 Å². The molecule has 0 radical (unpaired) electrons. The van der Waals surface area contributed by atoms with E-state index in [9.17, 15) is 4.79 Å². The lowest BCUT2D eigenvalue weighted by Crippen LogP contribution is -2.47. The van der Waals surface area contributed by atoms with Crippen LogP contribution in [0, 0.1) is 0 Å². The van der Waals surface area contributed by atoms with Crippen LogP contribution in [-0.2, 0) is 11.2 Å². The van der Waals surface area contributed by atoms with E-state index >= 15 is 0 Å². The highest BCUT2D eigenvalue weighted by Gasteiger charge is 2.22. The first-order valence-corrected chi connectivity index (χ1v) is 10.1. The highest BCUT2D eigenvalue weighted by molar-refractivity contribution is 7.80. The maximum atomic E-state index is 12.2. The summed E-state index contributed by atoms with van der Waals surface area (Å²) in [6, 6.07) is 18.1. The van der Waals surface area contributed by atoms with Gasteiger partial charge in [-0.3, -0.25) is 4.79 Å². The van der Waals surface area contributed by atoms with Crippen molar-refractivity contribution in [3.8, 4) is 5.75 Å². The van der Waals surface area contributed by atoms with E-state index in [1.54, 1.807) is 7.11 Å². The van der Waals surface area contributed by atoms with Gasteiger partial charge in [-0.1, -0.05) is 30.3 Å². The molecule has 2 N–H and O–H groups in total. The molecule has 0 unspecified atom stereocenters. The van der Waals surface area contributed by atoms with E-state index in [0.29, 0.717) is 6.42 Å². The maximum absolute atomic E-state index is 12.2. The van der Waals surface area contributed by atoms with E-state index in [-0.39, 0.29) is 11.9 Å². The van der Waals surface area contributed by atoms with Crippen molar-refractivity contribution in [1.29, 1.82) is 0 Å². The Balaban J connectivity index is 1.38. The van der Waals surface area contributed by atoms with Crippen molar-refractivity contribution in [3.05, 3.63) is 60.2 Å². The highest BCUT2D eigenvalue weighted by atomic mass is 32.1. The molecule has 0 saturated carbocycles. The summed E-state index contributed by atoms with van der Waals surface area (Å²) in [4.78, 5) is 14.4. The Morgan fingerprint density at radius 3 is 2.43 bits per heavy atom. The van der Waals surface area contributed by atoms with Crippen LogP contribution in [0.2, 0.25) is 0 Å². The second-order valence-electron chi connectivity index (χ2n) is 6.97. The Morgan fingerprint density at radius 1 is 1.11 bits per heavy atom. The molecule has 0 aliphatic carbocycles. The SMILES string of the molecule is COc1ccc(NC(=S)N2CCC(NC(=O)CCc3ccccc3)CC2)cc1. The number of likely N-dealkylation sites (tertiary alicyclic amines) is 1. The number of carbonyl (C=O) groups is 1. The van der Waals surface area contributed by atoms with Gasteiger partial charge in [-0.05, 0) is 61.3 Å². The number of aryl methyl sites for hydroxylation is 1. The third-order valence-electron chi connectivity index (χ3n) is 4.97. The summed E-state index contributed by atoms with van der Waals surface area (Å²) in [6.07, 6.45) is 3.12. The van der Waals surface area contributed by atoms with E-state index in [1.807, 2.05) is 42.5 Å². The lowest BCUT2D eigenvalue weighted by molar-refractivity contribution is -0.122. The molecule has 5 nitrogen and oxygen atoms in total. The van der Waals surface area contributed by atoms with Crippen LogP contribution in [0.3, 0.4) is 0 Å². The Bertz CT molecular complexity index is 772. The Labute approximate surface area is 172 Å². The number of piperidine rings is 1. The van der Waals surface area contributed by atoms with E-state index in [2.05, 4.69) is 27.7 Å². The number of hydrogen-bond acceptors (Lipinski definition) is 3. The molecular formula is C22H27N3O2S. The predicted octanol–water partition coefficient (Wildman–Crippen LogP) is 3.61. The third kappa shape index (κ3) is 5.96. The lowest BCUT2D eigenvalue weighted by Gasteiger charge is -2.34. The van der Waals surface area contributed by atoms with Gasteiger partial charge in [-0.2, -0.15) is 0 Å². The van der Waals surface area contributed by atoms with Crippen molar-refractivity contribution in [1.82, 2.24) is 10.2 Å². The largest absolute Gasteiger partial charge is 0.497 e. The molecule has 1 fully saturated rings. The summed E-state index contributed by atoms with van der Waals surface area (Å²) in [5.74, 6) is 0.946. The summed E-state index contributed by atoms with van der Waals surface area (Å²) < 4.78 is 5.17. The molecule has 2 aromatic carbocycles. The minimum absolute atomic E-state index is 0.126. The van der Waals surface area contributed by atoms with E-state index in [4.69, 9.17) is 17.0 Å². The normalized spacial score (nSPS) is 14.4. The Kier molecular flexibility index (Phi) is 7.25. The molecule has 148 valence electrons. The average molecular weight is 398 g/mol. The molecule has 0 bridgehead atoms. The summed E-state index contributed by atoms with van der Waals surface area (Å²) in [7, 11) is 1.65. The number of benzene rings is 2. The van der Waals surface area contributed by atoms with Gasteiger partial charge >= 0.3 is 0 Å². The van der Waals surface area contributed by atoms with Crippen LogP contribution >= 0.6 is 12.2 Å². The fourth-order valence-electron chi connectivity index (χ4n) is 3.31. The van der Waals surface area contributed by atoms with Gasteiger partial charge in [0, 0.05) is 31.2 Å². The zero-order chi connectivity index (χ0) is 19.8. The molecule has 0 atom stereocenters. The van der Waals surface area contributed by atoms with Gasteiger partial charge in [0.2, 0.25) is 5.91 Å². The van der Waals surface area contributed by atoms with Crippen molar-refractivity contribution in [2.75, 3.05) is 25.5 Å². The van der Waals surface area contributed by atoms with E-state index in [0.717, 1.165) is 48.9 Å². The first-order valence-electron chi connectivity index (χ1n) is 9.67. The first-order chi connectivity index (χ1) is 13.6. The monoisotopic (exact) mass is 397 g/mol. The second-order valence-corrected chi connectivity index (χ2v) is 7.36. The number of thiocarbonyl (C=S) groups is 1. The van der Waals surface area contributed by atoms with Crippen molar-refractivity contribution >= 4 is 28.9 Å². The minimum atomic E-state index is 0.126. The molecule has 1 aliphatic rings. The smallest absolute Gasteiger partial charge is 0.220 e. The summed E-state index contributed by atoms with van der Waals surface area (Å²) in [5, 5.41) is 7.16. The second kappa shape index (κ2) is 10.1. The van der Waals surface area contributed by atoms with Crippen molar-refractivity contribution in [2.45, 2.75) is 31.7 Å². The highest BCUT2D eigenvalue weighted by Crippen LogP contribution is 2.17. The lowest BCUT2D eigenvalue weighted by atomic mass is 10.0. The number of ether oxygens (including phenoxy) is 1. The molecule has 6 heteroatoms. The molecule has 2 aromatic rings. The van der Waals surface area contributed by atoms with Gasteiger partial charge in [-0.25, -0.2) is 0 Å². The molecule has 1 saturated heterocycles. The minimum Gasteiger partial charge on any atom is -0.497 e. The van der Waals surface area contributed by atoms with Crippen LogP contribution in [-0.4, -0.2) is 42.2 Å². The number of anilines is 1. The third-order valence-corrected chi connectivity index (χ3v) is 5.33. The van der Waals surface area contributed by atoms with Gasteiger partial charge in [0.25, 0.3) is 0 Å². The quantitative estimate of drug-likeness (QED) is 0.730. The number of hydrogen-bond donors (Lipinski definition) is 2. The molecule has 1 amide bonds. The van der Waals surface area contributed by atoms with Crippen LogP contribution in [0.1, 0.15) is 24.8 Å².